The van der Waals surface area contributed by atoms with Gasteiger partial charge in [-0.1, -0.05) is 0 Å². The summed E-state index contributed by atoms with van der Waals surface area (Å²) in [6.07, 6.45) is 0. The second kappa shape index (κ2) is 8.46. The molecule has 0 spiro atoms. The fourth-order valence-electron chi connectivity index (χ4n) is 1.16. The van der Waals surface area contributed by atoms with Crippen LogP contribution in [-0.2, 0) is 0 Å². The van der Waals surface area contributed by atoms with Gasteiger partial charge in [-0.2, -0.15) is 0 Å². The molecule has 0 atom stereocenters. The van der Waals surface area contributed by atoms with Crippen LogP contribution in [0.15, 0.2) is 6.07 Å². The van der Waals surface area contributed by atoms with Crippen molar-refractivity contribution in [1.29, 1.82) is 0 Å². The molecular weight excluding hydrogens is 264 g/mol. The topological polar surface area (TPSA) is 87.5 Å². The number of carboxylic acids is 2. The summed E-state index contributed by atoms with van der Waals surface area (Å²) in [5.41, 5.74) is 0.487. The van der Waals surface area contributed by atoms with Crippen molar-refractivity contribution in [3.63, 3.8) is 0 Å². The van der Waals surface area contributed by atoms with Gasteiger partial charge in [0.1, 0.15) is 0 Å². The number of pyridine rings is 1. The molecule has 0 saturated heterocycles. The normalized spacial score (nSPS) is 8.62. The molecule has 0 fully saturated rings. The molecule has 1 aromatic rings. The van der Waals surface area contributed by atoms with Crippen LogP contribution in [0.25, 0.3) is 0 Å². The van der Waals surface area contributed by atoms with Crippen LogP contribution in [0.4, 0.5) is 0 Å². The summed E-state index contributed by atoms with van der Waals surface area (Å²) in [4.78, 5) is 25.2. The Morgan fingerprint density at radius 1 is 1.06 bits per heavy atom. The molecule has 7 heteroatoms. The molecule has 1 aromatic heterocycles. The van der Waals surface area contributed by atoms with E-state index in [0.29, 0.717) is 11.4 Å². The summed E-state index contributed by atoms with van der Waals surface area (Å²) in [6, 6.07) is 1.13. The van der Waals surface area contributed by atoms with Crippen molar-refractivity contribution >= 4 is 11.9 Å². The van der Waals surface area contributed by atoms with Crippen molar-refractivity contribution in [2.45, 2.75) is 13.8 Å². The van der Waals surface area contributed by atoms with Gasteiger partial charge in [0.15, 0.2) is 0 Å². The minimum Gasteiger partial charge on any atom is -1.00 e. The Balaban J connectivity index is -0.000000245. The quantitative estimate of drug-likeness (QED) is 0.530. The molecule has 0 amide bonds. The molecule has 0 aliphatic heterocycles. The fraction of sp³-hybridized carbons (Fsp3) is 0.222. The minimum absolute atomic E-state index is 0. The predicted octanol–water partition coefficient (Wildman–Crippen LogP) is -4.67. The Morgan fingerprint density at radius 3 is 1.62 bits per heavy atom. The predicted molar refractivity (Wildman–Crippen MR) is 49.9 cm³/mol. The molecule has 0 saturated carbocycles. The summed E-state index contributed by atoms with van der Waals surface area (Å²) in [6.45, 7) is 3.06. The number of nitrogens with zero attached hydrogens (tertiary/aromatic N) is 1. The Bertz CT molecular complexity index is 394. The van der Waals surface area contributed by atoms with Crippen molar-refractivity contribution in [3.8, 4) is 0 Å². The molecule has 1 rings (SSSR count). The van der Waals surface area contributed by atoms with Crippen LogP contribution in [0.3, 0.4) is 0 Å². The van der Waals surface area contributed by atoms with E-state index in [1.807, 2.05) is 0 Å². The van der Waals surface area contributed by atoms with Crippen LogP contribution in [0.1, 0.15) is 35.0 Å². The molecule has 1 heterocycles. The molecule has 2 N–H and O–H groups in total. The molecule has 0 unspecified atom stereocenters. The summed E-state index contributed by atoms with van der Waals surface area (Å²) in [5, 5.41) is 17.5. The van der Waals surface area contributed by atoms with E-state index in [4.69, 9.17) is 10.2 Å². The second-order valence-electron chi connectivity index (χ2n) is 2.86. The van der Waals surface area contributed by atoms with Gasteiger partial charge in [0.25, 0.3) is 0 Å². The van der Waals surface area contributed by atoms with E-state index in [-0.39, 0.29) is 117 Å². The van der Waals surface area contributed by atoms with Gasteiger partial charge >= 0.3 is 115 Å². The van der Waals surface area contributed by atoms with E-state index in [1.165, 1.54) is 13.8 Å². The number of rotatable bonds is 2. The van der Waals surface area contributed by atoms with Gasteiger partial charge in [0, 0.05) is 0 Å². The van der Waals surface area contributed by atoms with Gasteiger partial charge in [0.2, 0.25) is 0 Å². The Morgan fingerprint density at radius 2 is 1.38 bits per heavy atom. The Hall–Kier alpha value is 1.36. The molecule has 0 radical (unpaired) electrons. The summed E-state index contributed by atoms with van der Waals surface area (Å²) >= 11 is 0. The maximum absolute atomic E-state index is 10.7. The third-order valence-electron chi connectivity index (χ3n) is 1.86. The zero-order valence-electron chi connectivity index (χ0n) is 11.7. The average molecular weight is 275 g/mol. The molecule has 0 aromatic carbocycles. The van der Waals surface area contributed by atoms with Crippen molar-refractivity contribution < 1.29 is 125 Å². The number of aromatic carboxylic acids is 2. The SMILES string of the molecule is Cc1nc(C)c(C(=O)O)cc1C(=O)O.[H-].[H-].[K+].[K+]. The number of aryl methyl sites for hydroxylation is 2. The number of carboxylic acid groups (broad SMARTS) is 2. The van der Waals surface area contributed by atoms with Crippen LogP contribution < -0.4 is 103 Å². The monoisotopic (exact) mass is 275 g/mol. The molecule has 0 aliphatic rings. The van der Waals surface area contributed by atoms with Crippen LogP contribution >= 0.6 is 0 Å². The molecule has 0 bridgehead atoms. The van der Waals surface area contributed by atoms with Crippen molar-refractivity contribution in [2.24, 2.45) is 0 Å². The van der Waals surface area contributed by atoms with E-state index in [0.717, 1.165) is 6.07 Å². The van der Waals surface area contributed by atoms with Gasteiger partial charge in [-0.3, -0.25) is 4.98 Å². The van der Waals surface area contributed by atoms with E-state index in [1.54, 1.807) is 0 Å². The zero-order valence-corrected chi connectivity index (χ0v) is 16.0. The average Bonchev–Trinajstić information content (AvgIpc) is 2.02. The Kier molecular flexibility index (Phi) is 10.4. The largest absolute Gasteiger partial charge is 1.00 e. The van der Waals surface area contributed by atoms with E-state index in [9.17, 15) is 9.59 Å². The smallest absolute Gasteiger partial charge is 1.00 e. The fourth-order valence-corrected chi connectivity index (χ4v) is 1.16. The van der Waals surface area contributed by atoms with E-state index in [2.05, 4.69) is 4.98 Å². The molecule has 16 heavy (non-hydrogen) atoms. The number of aromatic nitrogens is 1. The van der Waals surface area contributed by atoms with Crippen LogP contribution in [0.2, 0.25) is 0 Å². The molecular formula is C9H11K2NO4. The third-order valence-corrected chi connectivity index (χ3v) is 1.86. The van der Waals surface area contributed by atoms with Gasteiger partial charge in [-0.15, -0.1) is 0 Å². The standard InChI is InChI=1S/C9H9NO4.2K.2H/c1-4-6(8(11)12)3-7(9(13)14)5(2)10-4;;;;/h3H,1-2H3,(H,11,12)(H,13,14);;;;/q;2*+1;2*-1. The molecule has 0 aliphatic carbocycles. The first kappa shape index (κ1) is 19.7. The van der Waals surface area contributed by atoms with Crippen molar-refractivity contribution in [1.82, 2.24) is 4.98 Å². The summed E-state index contributed by atoms with van der Waals surface area (Å²) in [7, 11) is 0. The zero-order chi connectivity index (χ0) is 10.9. The van der Waals surface area contributed by atoms with Gasteiger partial charge in [-0.05, 0) is 19.9 Å². The first-order valence-corrected chi connectivity index (χ1v) is 3.88. The van der Waals surface area contributed by atoms with Gasteiger partial charge < -0.3 is 13.1 Å². The second-order valence-corrected chi connectivity index (χ2v) is 2.86. The maximum atomic E-state index is 10.7. The van der Waals surface area contributed by atoms with Crippen LogP contribution in [-0.4, -0.2) is 27.1 Å². The minimum atomic E-state index is -1.17. The number of carbonyl (C=O) groups is 2. The summed E-state index contributed by atoms with van der Waals surface area (Å²) in [5.74, 6) is -2.34. The molecule has 78 valence electrons. The van der Waals surface area contributed by atoms with E-state index >= 15 is 0 Å². The first-order valence-electron chi connectivity index (χ1n) is 3.88. The Labute approximate surface area is 181 Å². The van der Waals surface area contributed by atoms with Gasteiger partial charge in [-0.25, -0.2) is 9.59 Å². The van der Waals surface area contributed by atoms with Crippen molar-refractivity contribution in [3.05, 3.63) is 28.6 Å². The van der Waals surface area contributed by atoms with Crippen molar-refractivity contribution in [2.75, 3.05) is 0 Å². The summed E-state index contributed by atoms with van der Waals surface area (Å²) < 4.78 is 0. The van der Waals surface area contributed by atoms with Crippen LogP contribution in [0, 0.1) is 13.8 Å². The maximum Gasteiger partial charge on any atom is 1.00 e. The first-order chi connectivity index (χ1) is 6.43. The molecule has 5 nitrogen and oxygen atoms in total. The number of hydrogen-bond acceptors (Lipinski definition) is 3. The van der Waals surface area contributed by atoms with E-state index < -0.39 is 11.9 Å². The van der Waals surface area contributed by atoms with Crippen LogP contribution in [0.5, 0.6) is 0 Å². The number of hydrogen-bond donors (Lipinski definition) is 2. The van der Waals surface area contributed by atoms with Gasteiger partial charge in [0.05, 0.1) is 22.5 Å². The third kappa shape index (κ3) is 4.93.